The first kappa shape index (κ1) is 28.4. The van der Waals surface area contributed by atoms with Gasteiger partial charge >= 0.3 is 5.97 Å². The van der Waals surface area contributed by atoms with Crippen LogP contribution in [0.4, 0.5) is 5.69 Å². The van der Waals surface area contributed by atoms with E-state index in [1.54, 1.807) is 19.2 Å². The van der Waals surface area contributed by atoms with Crippen molar-refractivity contribution in [2.24, 2.45) is 0 Å². The molecule has 0 spiro atoms. The van der Waals surface area contributed by atoms with Crippen LogP contribution in [0, 0.1) is 6.57 Å². The molecule has 1 heterocycles. The van der Waals surface area contributed by atoms with Crippen molar-refractivity contribution in [1.82, 2.24) is 0 Å². The van der Waals surface area contributed by atoms with E-state index in [9.17, 15) is 4.79 Å². The Morgan fingerprint density at radius 1 is 0.867 bits per heavy atom. The van der Waals surface area contributed by atoms with E-state index in [2.05, 4.69) is 67.2 Å². The molecule has 45 heavy (non-hydrogen) atoms. The first-order valence-corrected chi connectivity index (χ1v) is 15.3. The predicted molar refractivity (Wildman–Crippen MR) is 178 cm³/mol. The molecule has 1 aliphatic carbocycles. The quantitative estimate of drug-likeness (QED) is 0.146. The van der Waals surface area contributed by atoms with Gasteiger partial charge < -0.3 is 14.2 Å². The molecule has 0 radical (unpaired) electrons. The first-order chi connectivity index (χ1) is 21.9. The molecule has 5 aromatic rings. The Morgan fingerprint density at radius 2 is 1.53 bits per heavy atom. The van der Waals surface area contributed by atoms with Gasteiger partial charge in [0.15, 0.2) is 11.3 Å². The smallest absolute Gasteiger partial charge is 0.337 e. The summed E-state index contributed by atoms with van der Waals surface area (Å²) in [7, 11) is 3.04. The second-order valence-corrected chi connectivity index (χ2v) is 11.6. The number of esters is 1. The number of nitrogens with zero attached hydrogens (tertiary/aromatic N) is 1. The maximum absolute atomic E-state index is 12.3. The van der Waals surface area contributed by atoms with Crippen LogP contribution in [0.1, 0.15) is 64.9 Å². The van der Waals surface area contributed by atoms with Crippen molar-refractivity contribution in [1.29, 1.82) is 0 Å². The highest BCUT2D eigenvalue weighted by atomic mass is 16.5. The van der Waals surface area contributed by atoms with Crippen LogP contribution >= 0.6 is 0 Å². The summed E-state index contributed by atoms with van der Waals surface area (Å²) in [4.78, 5) is 16.1. The number of rotatable bonds is 6. The lowest BCUT2D eigenvalue weighted by atomic mass is 9.71. The summed E-state index contributed by atoms with van der Waals surface area (Å²) in [6.45, 7) is 12.2. The van der Waals surface area contributed by atoms with Gasteiger partial charge in [-0.25, -0.2) is 9.64 Å². The average molecular weight is 592 g/mol. The summed E-state index contributed by atoms with van der Waals surface area (Å²) >= 11 is 0. The Bertz CT molecular complexity index is 2050. The molecule has 0 amide bonds. The van der Waals surface area contributed by atoms with Crippen LogP contribution in [0.3, 0.4) is 0 Å². The van der Waals surface area contributed by atoms with Gasteiger partial charge in [0.25, 0.3) is 0 Å². The van der Waals surface area contributed by atoms with E-state index < -0.39 is 5.60 Å². The highest BCUT2D eigenvalue weighted by Gasteiger charge is 2.46. The standard InChI is InChI=1S/C40H33NO4/c1-6-39(7-2)34-24-28(41-3)18-21-32(34)35-30-10-8-9-11-31(30)37-33(36(35)39)22-23-40(45-37,27-16-19-29(43-4)20-17-27)26-14-12-25(13-15-26)38(42)44-5/h8-24H,6-7H2,1-2,4-5H3. The Labute approximate surface area is 263 Å². The summed E-state index contributed by atoms with van der Waals surface area (Å²) in [5.74, 6) is 1.19. The number of carbonyl (C=O) groups excluding carboxylic acids is 1. The van der Waals surface area contributed by atoms with Gasteiger partial charge in [0.2, 0.25) is 0 Å². The molecule has 5 aromatic carbocycles. The second kappa shape index (κ2) is 10.7. The summed E-state index contributed by atoms with van der Waals surface area (Å²) < 4.78 is 17.8. The van der Waals surface area contributed by atoms with Crippen LogP contribution < -0.4 is 9.47 Å². The van der Waals surface area contributed by atoms with Gasteiger partial charge in [-0.15, -0.1) is 0 Å². The third-order valence-corrected chi connectivity index (χ3v) is 9.81. The lowest BCUT2D eigenvalue weighted by Crippen LogP contribution is -2.35. The van der Waals surface area contributed by atoms with E-state index in [1.807, 2.05) is 42.5 Å². The second-order valence-electron chi connectivity index (χ2n) is 11.6. The zero-order valence-electron chi connectivity index (χ0n) is 25.8. The number of hydrogen-bond donors (Lipinski definition) is 0. The van der Waals surface area contributed by atoms with Gasteiger partial charge in [0.05, 0.1) is 26.4 Å². The Morgan fingerprint density at radius 3 is 2.16 bits per heavy atom. The molecule has 0 saturated carbocycles. The molecule has 0 aromatic heterocycles. The number of fused-ring (bicyclic) bond motifs is 8. The van der Waals surface area contributed by atoms with Gasteiger partial charge in [-0.05, 0) is 70.8 Å². The Balaban J connectivity index is 1.53. The minimum absolute atomic E-state index is 0.268. The molecule has 2 aliphatic rings. The molecule has 222 valence electrons. The van der Waals surface area contributed by atoms with Gasteiger partial charge in [0.1, 0.15) is 11.5 Å². The lowest BCUT2D eigenvalue weighted by Gasteiger charge is -2.39. The SMILES string of the molecule is [C-]#[N+]c1ccc2c(c1)C(CC)(CC)c1c3c(c4ccccc4c1-2)OC(c1ccc(OC)cc1)(c1ccc(C(=O)OC)cc1)C=C3. The molecule has 1 aliphatic heterocycles. The fourth-order valence-electron chi connectivity index (χ4n) is 7.49. The minimum atomic E-state index is -0.977. The highest BCUT2D eigenvalue weighted by molar-refractivity contribution is 6.08. The van der Waals surface area contributed by atoms with Crippen molar-refractivity contribution in [2.75, 3.05) is 14.2 Å². The lowest BCUT2D eigenvalue weighted by molar-refractivity contribution is 0.0600. The van der Waals surface area contributed by atoms with E-state index in [0.717, 1.165) is 51.8 Å². The molecule has 1 atom stereocenters. The summed E-state index contributed by atoms with van der Waals surface area (Å²) in [5, 5.41) is 2.16. The van der Waals surface area contributed by atoms with E-state index in [4.69, 9.17) is 20.8 Å². The normalized spacial score (nSPS) is 17.0. The zero-order chi connectivity index (χ0) is 31.3. The van der Waals surface area contributed by atoms with Crippen LogP contribution in [0.2, 0.25) is 0 Å². The highest BCUT2D eigenvalue weighted by Crippen LogP contribution is 2.60. The molecule has 0 N–H and O–H groups in total. The fraction of sp³-hybridized carbons (Fsp3) is 0.200. The van der Waals surface area contributed by atoms with Crippen molar-refractivity contribution in [3.63, 3.8) is 0 Å². The monoisotopic (exact) mass is 591 g/mol. The van der Waals surface area contributed by atoms with Crippen molar-refractivity contribution in [3.05, 3.63) is 142 Å². The zero-order valence-corrected chi connectivity index (χ0v) is 25.8. The van der Waals surface area contributed by atoms with Crippen molar-refractivity contribution < 1.29 is 19.0 Å². The summed E-state index contributed by atoms with van der Waals surface area (Å²) in [6, 6.07) is 30.0. The van der Waals surface area contributed by atoms with Crippen LogP contribution in [0.25, 0.3) is 32.8 Å². The third-order valence-electron chi connectivity index (χ3n) is 9.81. The molecular weight excluding hydrogens is 558 g/mol. The summed E-state index contributed by atoms with van der Waals surface area (Å²) in [5.41, 5.74) is 7.68. The van der Waals surface area contributed by atoms with Gasteiger partial charge in [-0.3, -0.25) is 0 Å². The third kappa shape index (κ3) is 4.02. The van der Waals surface area contributed by atoms with Crippen LogP contribution in [0.5, 0.6) is 11.5 Å². The molecule has 5 heteroatoms. The molecule has 0 bridgehead atoms. The van der Waals surface area contributed by atoms with Gasteiger partial charge in [-0.1, -0.05) is 86.7 Å². The number of ether oxygens (including phenoxy) is 3. The van der Waals surface area contributed by atoms with Gasteiger partial charge in [0, 0.05) is 27.5 Å². The molecule has 7 rings (SSSR count). The molecule has 0 saturated heterocycles. The van der Waals surface area contributed by atoms with Crippen molar-refractivity contribution >= 4 is 28.5 Å². The number of benzene rings is 5. The maximum Gasteiger partial charge on any atom is 0.337 e. The maximum atomic E-state index is 12.3. The molecule has 1 unspecified atom stereocenters. The fourth-order valence-corrected chi connectivity index (χ4v) is 7.49. The molecular formula is C40H33NO4. The van der Waals surface area contributed by atoms with Crippen LogP contribution in [0.15, 0.2) is 97.1 Å². The minimum Gasteiger partial charge on any atom is -0.497 e. The Kier molecular flexibility index (Phi) is 6.75. The van der Waals surface area contributed by atoms with E-state index in [-0.39, 0.29) is 11.4 Å². The van der Waals surface area contributed by atoms with Gasteiger partial charge in [-0.2, -0.15) is 0 Å². The topological polar surface area (TPSA) is 49.1 Å². The molecule has 0 fully saturated rings. The predicted octanol–water partition coefficient (Wildman–Crippen LogP) is 9.62. The van der Waals surface area contributed by atoms with Crippen LogP contribution in [-0.2, 0) is 15.8 Å². The van der Waals surface area contributed by atoms with E-state index in [1.165, 1.54) is 29.4 Å². The van der Waals surface area contributed by atoms with Crippen molar-refractivity contribution in [3.8, 4) is 22.6 Å². The largest absolute Gasteiger partial charge is 0.497 e. The van der Waals surface area contributed by atoms with Crippen molar-refractivity contribution in [2.45, 2.75) is 37.7 Å². The Hall–Kier alpha value is -5.34. The summed E-state index contributed by atoms with van der Waals surface area (Å²) in [6.07, 6.45) is 6.15. The van der Waals surface area contributed by atoms with E-state index >= 15 is 0 Å². The molecule has 5 nitrogen and oxygen atoms in total. The number of hydrogen-bond acceptors (Lipinski definition) is 4. The van der Waals surface area contributed by atoms with Crippen LogP contribution in [-0.4, -0.2) is 20.2 Å². The number of carbonyl (C=O) groups is 1. The first-order valence-electron chi connectivity index (χ1n) is 15.3. The number of methoxy groups -OCH3 is 2. The average Bonchev–Trinajstić information content (AvgIpc) is 3.41. The van der Waals surface area contributed by atoms with E-state index in [0.29, 0.717) is 11.3 Å².